The zero-order valence-electron chi connectivity index (χ0n) is 13.5. The van der Waals surface area contributed by atoms with Crippen molar-refractivity contribution in [1.82, 2.24) is 10.5 Å². The number of amides is 1. The molecule has 0 aliphatic heterocycles. The van der Waals surface area contributed by atoms with Crippen molar-refractivity contribution < 1.29 is 19.2 Å². The summed E-state index contributed by atoms with van der Waals surface area (Å²) in [6, 6.07) is 6.50. The number of rotatable bonds is 8. The highest BCUT2D eigenvalue weighted by atomic mass is 35.5. The van der Waals surface area contributed by atoms with Gasteiger partial charge >= 0.3 is 0 Å². The maximum Gasteiger partial charge on any atom is 0.259 e. The number of aromatic nitrogens is 1. The molecule has 2 aromatic rings. The highest BCUT2D eigenvalue weighted by molar-refractivity contribution is 6.30. The van der Waals surface area contributed by atoms with Crippen LogP contribution in [0.15, 0.2) is 28.8 Å². The summed E-state index contributed by atoms with van der Waals surface area (Å²) in [6.45, 7) is 2.46. The van der Waals surface area contributed by atoms with Crippen molar-refractivity contribution in [3.05, 3.63) is 34.9 Å². The van der Waals surface area contributed by atoms with Gasteiger partial charge < -0.3 is 25.0 Å². The first kappa shape index (κ1) is 18.3. The molecule has 130 valence electrons. The first-order valence-electron chi connectivity index (χ1n) is 7.47. The third-order valence-corrected chi connectivity index (χ3v) is 3.53. The lowest BCUT2D eigenvalue weighted by Gasteiger charge is -2.12. The second-order valence-corrected chi connectivity index (χ2v) is 5.66. The van der Waals surface area contributed by atoms with Crippen LogP contribution < -0.4 is 10.6 Å². The molecule has 1 amide bonds. The molecule has 0 bridgehead atoms. The summed E-state index contributed by atoms with van der Waals surface area (Å²) >= 11 is 5.90. The van der Waals surface area contributed by atoms with Crippen LogP contribution >= 0.6 is 11.6 Å². The van der Waals surface area contributed by atoms with E-state index in [4.69, 9.17) is 26.0 Å². The Kier molecular flexibility index (Phi) is 6.60. The zero-order valence-corrected chi connectivity index (χ0v) is 14.3. The Morgan fingerprint density at radius 2 is 2.12 bits per heavy atom. The zero-order chi connectivity index (χ0) is 17.5. The number of carbonyl (C=O) groups is 1. The molecule has 0 unspecified atom stereocenters. The number of hydrogen-bond donors (Lipinski definition) is 3. The number of nitrogens with one attached hydrogen (secondary N) is 2. The molecule has 1 heterocycles. The molecular formula is C16H20ClN3O4. The average molecular weight is 354 g/mol. The molecule has 2 rings (SSSR count). The van der Waals surface area contributed by atoms with Crippen molar-refractivity contribution in [3.8, 4) is 11.3 Å². The van der Waals surface area contributed by atoms with Crippen molar-refractivity contribution in [3.63, 3.8) is 0 Å². The number of hydrogen-bond acceptors (Lipinski definition) is 6. The minimum atomic E-state index is -0.391. The number of aliphatic hydroxyl groups is 1. The highest BCUT2D eigenvalue weighted by Gasteiger charge is 2.25. The monoisotopic (exact) mass is 353 g/mol. The Morgan fingerprint density at radius 3 is 2.75 bits per heavy atom. The van der Waals surface area contributed by atoms with E-state index in [-0.39, 0.29) is 18.1 Å². The van der Waals surface area contributed by atoms with E-state index in [1.807, 2.05) is 0 Å². The molecule has 0 aliphatic carbocycles. The molecule has 0 saturated carbocycles. The topological polar surface area (TPSA) is 96.6 Å². The van der Waals surface area contributed by atoms with E-state index in [1.165, 1.54) is 0 Å². The van der Waals surface area contributed by atoms with Gasteiger partial charge in [-0.15, -0.1) is 0 Å². The van der Waals surface area contributed by atoms with Gasteiger partial charge in [0.05, 0.1) is 13.2 Å². The van der Waals surface area contributed by atoms with Crippen molar-refractivity contribution >= 4 is 23.3 Å². The normalized spacial score (nSPS) is 12.0. The van der Waals surface area contributed by atoms with Gasteiger partial charge in [0, 0.05) is 30.3 Å². The van der Waals surface area contributed by atoms with Crippen LogP contribution in [0.3, 0.4) is 0 Å². The Bertz CT molecular complexity index is 672. The first-order valence-corrected chi connectivity index (χ1v) is 7.84. The summed E-state index contributed by atoms with van der Waals surface area (Å²) in [5.74, 6) is 0.261. The van der Waals surface area contributed by atoms with Gasteiger partial charge in [-0.1, -0.05) is 16.8 Å². The molecule has 0 radical (unpaired) electrons. The third kappa shape index (κ3) is 4.47. The summed E-state index contributed by atoms with van der Waals surface area (Å²) in [6.07, 6.45) is 0. The highest BCUT2D eigenvalue weighted by Crippen LogP contribution is 2.30. The average Bonchev–Trinajstić information content (AvgIpc) is 2.99. The van der Waals surface area contributed by atoms with E-state index >= 15 is 0 Å². The van der Waals surface area contributed by atoms with Crippen LogP contribution in [0.1, 0.15) is 17.3 Å². The molecule has 0 fully saturated rings. The van der Waals surface area contributed by atoms with Crippen LogP contribution in [0.5, 0.6) is 0 Å². The molecule has 1 atom stereocenters. The van der Waals surface area contributed by atoms with Crippen LogP contribution in [-0.2, 0) is 4.74 Å². The summed E-state index contributed by atoms with van der Waals surface area (Å²) in [7, 11) is 1.58. The molecule has 0 spiro atoms. The van der Waals surface area contributed by atoms with Crippen LogP contribution in [0.4, 0.5) is 5.82 Å². The second kappa shape index (κ2) is 8.68. The predicted octanol–water partition coefficient (Wildman–Crippen LogP) is 2.16. The lowest BCUT2D eigenvalue weighted by molar-refractivity contribution is 0.0923. The lowest BCUT2D eigenvalue weighted by Crippen LogP contribution is -2.35. The number of carbonyl (C=O) groups excluding carboxylic acids is 1. The van der Waals surface area contributed by atoms with Crippen LogP contribution in [0.25, 0.3) is 11.3 Å². The summed E-state index contributed by atoms with van der Waals surface area (Å²) < 4.78 is 10.4. The number of methoxy groups -OCH3 is 1. The minimum absolute atomic E-state index is 0.167. The van der Waals surface area contributed by atoms with Gasteiger partial charge in [-0.05, 0) is 31.2 Å². The fourth-order valence-electron chi connectivity index (χ4n) is 2.03. The van der Waals surface area contributed by atoms with Gasteiger partial charge in [0.25, 0.3) is 5.91 Å². The van der Waals surface area contributed by atoms with E-state index in [9.17, 15) is 4.79 Å². The maximum absolute atomic E-state index is 12.6. The van der Waals surface area contributed by atoms with Crippen molar-refractivity contribution in [2.75, 3.05) is 32.2 Å². The van der Waals surface area contributed by atoms with Gasteiger partial charge in [-0.3, -0.25) is 4.79 Å². The van der Waals surface area contributed by atoms with E-state index in [1.54, 1.807) is 38.3 Å². The molecule has 8 heteroatoms. The number of benzene rings is 1. The Labute approximate surface area is 144 Å². The van der Waals surface area contributed by atoms with Gasteiger partial charge in [0.2, 0.25) is 0 Å². The van der Waals surface area contributed by atoms with Crippen molar-refractivity contribution in [1.29, 1.82) is 0 Å². The number of aliphatic hydroxyl groups excluding tert-OH is 1. The summed E-state index contributed by atoms with van der Waals surface area (Å²) in [4.78, 5) is 12.6. The summed E-state index contributed by atoms with van der Waals surface area (Å²) in [5.41, 5.74) is 0.946. The molecule has 0 saturated heterocycles. The fourth-order valence-corrected chi connectivity index (χ4v) is 2.16. The van der Waals surface area contributed by atoms with Crippen molar-refractivity contribution in [2.24, 2.45) is 0 Å². The molecule has 1 aromatic carbocycles. The van der Waals surface area contributed by atoms with Gasteiger partial charge in [0.1, 0.15) is 5.56 Å². The number of halogens is 1. The smallest absolute Gasteiger partial charge is 0.259 e. The third-order valence-electron chi connectivity index (χ3n) is 3.28. The molecule has 3 N–H and O–H groups in total. The molecule has 24 heavy (non-hydrogen) atoms. The molecule has 0 aliphatic rings. The van der Waals surface area contributed by atoms with Crippen LogP contribution in [0.2, 0.25) is 5.02 Å². The van der Waals surface area contributed by atoms with Crippen LogP contribution in [-0.4, -0.2) is 49.1 Å². The molecule has 7 nitrogen and oxygen atoms in total. The lowest BCUT2D eigenvalue weighted by atomic mass is 10.1. The second-order valence-electron chi connectivity index (χ2n) is 5.22. The number of nitrogens with zero attached hydrogens (tertiary/aromatic N) is 1. The minimum Gasteiger partial charge on any atom is -0.394 e. The number of ether oxygens (including phenoxy) is 1. The largest absolute Gasteiger partial charge is 0.394 e. The van der Waals surface area contributed by atoms with E-state index < -0.39 is 6.04 Å². The van der Waals surface area contributed by atoms with E-state index in [0.29, 0.717) is 35.3 Å². The Balaban J connectivity index is 2.35. The predicted molar refractivity (Wildman–Crippen MR) is 91.3 cm³/mol. The van der Waals surface area contributed by atoms with E-state index in [2.05, 4.69) is 15.8 Å². The van der Waals surface area contributed by atoms with Crippen molar-refractivity contribution in [2.45, 2.75) is 13.0 Å². The maximum atomic E-state index is 12.6. The standard InChI is InChI=1S/C16H20ClN3O4/c1-10(9-21)19-16(22)13-14(11-3-5-12(17)6-4-11)24-20-15(13)18-7-8-23-2/h3-6,10,21H,7-9H2,1-2H3,(H,18,20)(H,19,22)/t10-/m0/s1. The van der Waals surface area contributed by atoms with Crippen LogP contribution in [0, 0.1) is 0 Å². The number of anilines is 1. The molecular weight excluding hydrogens is 334 g/mol. The van der Waals surface area contributed by atoms with Gasteiger partial charge in [-0.2, -0.15) is 0 Å². The Morgan fingerprint density at radius 1 is 1.42 bits per heavy atom. The summed E-state index contributed by atoms with van der Waals surface area (Å²) in [5, 5.41) is 19.4. The SMILES string of the molecule is COCCNc1noc(-c2ccc(Cl)cc2)c1C(=O)N[C@@H](C)CO. The quantitative estimate of drug-likeness (QED) is 0.629. The van der Waals surface area contributed by atoms with E-state index in [0.717, 1.165) is 0 Å². The first-order chi connectivity index (χ1) is 11.6. The van der Waals surface area contributed by atoms with Gasteiger partial charge in [0.15, 0.2) is 11.6 Å². The Hall–Kier alpha value is -2.09. The van der Waals surface area contributed by atoms with Gasteiger partial charge in [-0.25, -0.2) is 0 Å². The molecule has 1 aromatic heterocycles. The fraction of sp³-hybridized carbons (Fsp3) is 0.375.